The summed E-state index contributed by atoms with van der Waals surface area (Å²) in [5.41, 5.74) is 1.69. The van der Waals surface area contributed by atoms with Crippen LogP contribution in [0.25, 0.3) is 11.0 Å². The number of fused-ring (bicyclic) bond motifs is 1. The minimum Gasteiger partial charge on any atom is -0.346 e. The van der Waals surface area contributed by atoms with Gasteiger partial charge in [-0.2, -0.15) is 0 Å². The SMILES string of the molecule is S=C=NCc1ncnc2[nH]ccc12. The van der Waals surface area contributed by atoms with Crippen molar-refractivity contribution < 1.29 is 0 Å². The topological polar surface area (TPSA) is 53.9 Å². The predicted octanol–water partition coefficient (Wildman–Crippen LogP) is 1.56. The Balaban J connectivity index is 2.54. The van der Waals surface area contributed by atoms with Crippen LogP contribution in [-0.4, -0.2) is 20.1 Å². The number of thiocarbonyl (C=S) groups is 1. The van der Waals surface area contributed by atoms with Gasteiger partial charge in [0.15, 0.2) is 0 Å². The van der Waals surface area contributed by atoms with Crippen molar-refractivity contribution in [1.82, 2.24) is 15.0 Å². The van der Waals surface area contributed by atoms with Gasteiger partial charge in [0, 0.05) is 11.6 Å². The van der Waals surface area contributed by atoms with Crippen LogP contribution in [0.15, 0.2) is 23.6 Å². The summed E-state index contributed by atoms with van der Waals surface area (Å²) in [4.78, 5) is 15.0. The Morgan fingerprint density at radius 1 is 1.54 bits per heavy atom. The van der Waals surface area contributed by atoms with Gasteiger partial charge in [-0.05, 0) is 18.3 Å². The van der Waals surface area contributed by atoms with E-state index in [0.717, 1.165) is 16.7 Å². The molecule has 0 spiro atoms. The Bertz CT molecular complexity index is 470. The number of hydrogen-bond donors (Lipinski definition) is 1. The van der Waals surface area contributed by atoms with E-state index in [4.69, 9.17) is 0 Å². The third-order valence-corrected chi connectivity index (χ3v) is 1.86. The fourth-order valence-electron chi connectivity index (χ4n) is 1.16. The molecule has 2 rings (SSSR count). The van der Waals surface area contributed by atoms with E-state index in [1.54, 1.807) is 0 Å². The lowest BCUT2D eigenvalue weighted by Gasteiger charge is -1.94. The Kier molecular flexibility index (Phi) is 2.12. The Labute approximate surface area is 79.7 Å². The Morgan fingerprint density at radius 2 is 2.46 bits per heavy atom. The molecule has 0 aromatic carbocycles. The number of isothiocyanates is 1. The molecule has 4 nitrogen and oxygen atoms in total. The van der Waals surface area contributed by atoms with E-state index in [1.807, 2.05) is 12.3 Å². The Morgan fingerprint density at radius 3 is 3.31 bits per heavy atom. The molecule has 2 aromatic rings. The van der Waals surface area contributed by atoms with E-state index in [9.17, 15) is 0 Å². The predicted molar refractivity (Wildman–Crippen MR) is 52.6 cm³/mol. The zero-order valence-corrected chi connectivity index (χ0v) is 7.51. The van der Waals surface area contributed by atoms with E-state index in [0.29, 0.717) is 6.54 Å². The molecule has 2 aromatic heterocycles. The molecule has 0 amide bonds. The first-order chi connectivity index (χ1) is 6.42. The molecular weight excluding hydrogens is 184 g/mol. The van der Waals surface area contributed by atoms with Gasteiger partial charge >= 0.3 is 0 Å². The first kappa shape index (κ1) is 8.04. The van der Waals surface area contributed by atoms with Crippen LogP contribution < -0.4 is 0 Å². The molecule has 0 saturated carbocycles. The minimum absolute atomic E-state index is 0.459. The molecule has 0 aliphatic heterocycles. The minimum atomic E-state index is 0.459. The molecule has 0 saturated heterocycles. The summed E-state index contributed by atoms with van der Waals surface area (Å²) in [6.45, 7) is 0.459. The van der Waals surface area contributed by atoms with Gasteiger partial charge in [-0.15, -0.1) is 0 Å². The standard InChI is InChI=1S/C8H6N4S/c13-5-9-3-7-6-1-2-10-8(6)12-4-11-7/h1-2,4H,3H2,(H,10,11,12). The van der Waals surface area contributed by atoms with E-state index >= 15 is 0 Å². The highest BCUT2D eigenvalue weighted by atomic mass is 32.1. The second-order valence-corrected chi connectivity index (χ2v) is 2.65. The van der Waals surface area contributed by atoms with E-state index in [2.05, 4.69) is 37.3 Å². The van der Waals surface area contributed by atoms with Gasteiger partial charge in [-0.25, -0.2) is 15.0 Å². The van der Waals surface area contributed by atoms with Crippen molar-refractivity contribution >= 4 is 28.4 Å². The number of nitrogens with one attached hydrogen (secondary N) is 1. The van der Waals surface area contributed by atoms with Crippen molar-refractivity contribution in [3.8, 4) is 0 Å². The fraction of sp³-hybridized carbons (Fsp3) is 0.125. The molecule has 0 fully saturated rings. The molecule has 0 aliphatic carbocycles. The van der Waals surface area contributed by atoms with Crippen LogP contribution in [0.1, 0.15) is 5.69 Å². The highest BCUT2D eigenvalue weighted by molar-refractivity contribution is 7.78. The first-order valence-corrected chi connectivity index (χ1v) is 4.13. The lowest BCUT2D eigenvalue weighted by atomic mass is 10.3. The van der Waals surface area contributed by atoms with Crippen molar-refractivity contribution in [2.24, 2.45) is 4.99 Å². The summed E-state index contributed by atoms with van der Waals surface area (Å²) >= 11 is 4.49. The second kappa shape index (κ2) is 3.43. The number of aliphatic imine (C=N–C) groups is 1. The van der Waals surface area contributed by atoms with E-state index < -0.39 is 0 Å². The summed E-state index contributed by atoms with van der Waals surface area (Å²) in [7, 11) is 0. The monoisotopic (exact) mass is 190 g/mol. The van der Waals surface area contributed by atoms with Gasteiger partial charge in [0.05, 0.1) is 17.4 Å². The third-order valence-electron chi connectivity index (χ3n) is 1.73. The molecule has 1 N–H and O–H groups in total. The van der Waals surface area contributed by atoms with Crippen LogP contribution in [0.5, 0.6) is 0 Å². The second-order valence-electron chi connectivity index (χ2n) is 2.47. The summed E-state index contributed by atoms with van der Waals surface area (Å²) in [6, 6.07) is 1.92. The zero-order valence-electron chi connectivity index (χ0n) is 6.69. The molecule has 0 radical (unpaired) electrons. The van der Waals surface area contributed by atoms with Gasteiger partial charge in [-0.3, -0.25) is 0 Å². The molecule has 0 unspecified atom stereocenters. The van der Waals surface area contributed by atoms with Crippen molar-refractivity contribution in [3.63, 3.8) is 0 Å². The van der Waals surface area contributed by atoms with Crippen molar-refractivity contribution in [2.75, 3.05) is 0 Å². The van der Waals surface area contributed by atoms with Crippen LogP contribution in [0.3, 0.4) is 0 Å². The third kappa shape index (κ3) is 1.47. The number of H-pyrrole nitrogens is 1. The van der Waals surface area contributed by atoms with Gasteiger partial charge in [0.2, 0.25) is 0 Å². The van der Waals surface area contributed by atoms with Crippen molar-refractivity contribution in [3.05, 3.63) is 24.3 Å². The van der Waals surface area contributed by atoms with Crippen LogP contribution >= 0.6 is 12.2 Å². The van der Waals surface area contributed by atoms with Gasteiger partial charge in [0.25, 0.3) is 0 Å². The number of aromatic nitrogens is 3. The summed E-state index contributed by atoms with van der Waals surface area (Å²) in [5.74, 6) is 0. The van der Waals surface area contributed by atoms with Gasteiger partial charge in [-0.1, -0.05) is 0 Å². The number of aromatic amines is 1. The van der Waals surface area contributed by atoms with Crippen LogP contribution in [0, 0.1) is 0 Å². The summed E-state index contributed by atoms with van der Waals surface area (Å²) in [5, 5.41) is 3.29. The maximum atomic E-state index is 4.49. The fourth-order valence-corrected chi connectivity index (χ4v) is 1.22. The average molecular weight is 190 g/mol. The number of hydrogen-bond acceptors (Lipinski definition) is 4. The lowest BCUT2D eigenvalue weighted by Crippen LogP contribution is -1.89. The molecule has 64 valence electrons. The molecule has 0 aliphatic rings. The zero-order chi connectivity index (χ0) is 9.10. The van der Waals surface area contributed by atoms with E-state index in [-0.39, 0.29) is 0 Å². The average Bonchev–Trinajstić information content (AvgIpc) is 2.62. The maximum absolute atomic E-state index is 4.49. The normalized spacial score (nSPS) is 9.85. The smallest absolute Gasteiger partial charge is 0.141 e. The summed E-state index contributed by atoms with van der Waals surface area (Å²) < 4.78 is 0. The largest absolute Gasteiger partial charge is 0.346 e. The highest BCUT2D eigenvalue weighted by Crippen LogP contribution is 2.12. The van der Waals surface area contributed by atoms with Crippen molar-refractivity contribution in [1.29, 1.82) is 0 Å². The van der Waals surface area contributed by atoms with Crippen LogP contribution in [-0.2, 0) is 6.54 Å². The van der Waals surface area contributed by atoms with E-state index in [1.165, 1.54) is 6.33 Å². The van der Waals surface area contributed by atoms with Gasteiger partial charge in [0.1, 0.15) is 12.0 Å². The highest BCUT2D eigenvalue weighted by Gasteiger charge is 2.01. The van der Waals surface area contributed by atoms with Crippen molar-refractivity contribution in [2.45, 2.75) is 6.54 Å². The molecular formula is C8H6N4S. The molecule has 13 heavy (non-hydrogen) atoms. The quantitative estimate of drug-likeness (QED) is 0.577. The first-order valence-electron chi connectivity index (χ1n) is 3.72. The van der Waals surface area contributed by atoms with Crippen LogP contribution in [0.2, 0.25) is 0 Å². The number of nitrogens with zero attached hydrogens (tertiary/aromatic N) is 3. The number of rotatable bonds is 2. The van der Waals surface area contributed by atoms with Gasteiger partial charge < -0.3 is 4.98 Å². The molecule has 2 heterocycles. The Hall–Kier alpha value is -1.58. The molecule has 0 atom stereocenters. The maximum Gasteiger partial charge on any atom is 0.141 e. The van der Waals surface area contributed by atoms with Crippen LogP contribution in [0.4, 0.5) is 0 Å². The molecule has 0 bridgehead atoms. The summed E-state index contributed by atoms with van der Waals surface area (Å²) in [6.07, 6.45) is 3.33. The lowest BCUT2D eigenvalue weighted by molar-refractivity contribution is 0.997. The molecule has 5 heteroatoms.